The van der Waals surface area contributed by atoms with Crippen molar-refractivity contribution in [1.82, 2.24) is 0 Å². The molecular weight excluding hydrogens is 486 g/mol. The molecule has 6 aliphatic rings. The van der Waals surface area contributed by atoms with E-state index in [4.69, 9.17) is 14.2 Å². The number of carbonyl (C=O) groups is 3. The predicted molar refractivity (Wildman–Crippen MR) is 125 cm³/mol. The summed E-state index contributed by atoms with van der Waals surface area (Å²) in [5.41, 5.74) is -6.43. The van der Waals surface area contributed by atoms with Crippen molar-refractivity contribution in [2.75, 3.05) is 6.61 Å². The smallest absolute Gasteiger partial charge is 0.309 e. The molecule has 6 rings (SSSR count). The molecule has 1 saturated heterocycles. The highest BCUT2D eigenvalue weighted by atomic mass is 19.1. The molecule has 5 aliphatic carbocycles. The first-order chi connectivity index (χ1) is 17.2. The molecule has 0 bridgehead atoms. The Morgan fingerprint density at radius 2 is 1.86 bits per heavy atom. The number of hydrogen-bond acceptors (Lipinski definition) is 7. The maximum atomic E-state index is 17.4. The number of carbonyl (C=O) groups excluding carboxylic acids is 3. The molecule has 0 aromatic rings. The Morgan fingerprint density at radius 3 is 2.54 bits per heavy atom. The molecule has 0 unspecified atom stereocenters. The van der Waals surface area contributed by atoms with E-state index < -0.39 is 82.2 Å². The number of Topliss-reactive ketones (excluding diaryl/α,β-unsaturated/α-hetero) is 1. The van der Waals surface area contributed by atoms with Crippen molar-refractivity contribution in [2.24, 2.45) is 28.6 Å². The molecular formula is C28H34F2O7. The third kappa shape index (κ3) is 3.11. The monoisotopic (exact) mass is 520 g/mol. The standard InChI is InChI=1S/C28H34F2O7/c1-24(2)36-22-11-16-17-10-19(29)18-9-15(31)7-8-25(18,3)27(17,30)20(32)12-26(16,4)28(22,37-24)21(33)13-35-23(34)14-5-6-14/h7-9,14,16-17,19-20,22,32H,5-6,10-13H2,1-4H3/t16-,17+,19+,20-,22-,25+,26-,27+,28-/m1/s1. The van der Waals surface area contributed by atoms with E-state index in [0.717, 1.165) is 18.9 Å². The van der Waals surface area contributed by atoms with Crippen LogP contribution in [0.25, 0.3) is 0 Å². The molecule has 1 N–H and O–H groups in total. The van der Waals surface area contributed by atoms with Crippen LogP contribution in [-0.4, -0.2) is 64.7 Å². The minimum absolute atomic E-state index is 0.0472. The molecule has 0 amide bonds. The number of fused-ring (bicyclic) bond motifs is 7. The van der Waals surface area contributed by atoms with E-state index in [2.05, 4.69) is 0 Å². The van der Waals surface area contributed by atoms with Crippen molar-refractivity contribution in [3.63, 3.8) is 0 Å². The van der Waals surface area contributed by atoms with Crippen LogP contribution in [0.3, 0.4) is 0 Å². The van der Waals surface area contributed by atoms with Gasteiger partial charge in [0, 0.05) is 16.7 Å². The van der Waals surface area contributed by atoms with Crippen LogP contribution in [0.5, 0.6) is 0 Å². The van der Waals surface area contributed by atoms with Crippen LogP contribution < -0.4 is 0 Å². The molecule has 0 aromatic heterocycles. The number of aliphatic hydroxyl groups is 1. The van der Waals surface area contributed by atoms with Crippen molar-refractivity contribution in [3.8, 4) is 0 Å². The van der Waals surface area contributed by atoms with Crippen LogP contribution in [0.4, 0.5) is 8.78 Å². The lowest BCUT2D eigenvalue weighted by Crippen LogP contribution is -2.71. The minimum atomic E-state index is -2.26. The summed E-state index contributed by atoms with van der Waals surface area (Å²) in [6.07, 6.45) is 1.20. The van der Waals surface area contributed by atoms with E-state index in [1.165, 1.54) is 19.1 Å². The number of halogens is 2. The number of alkyl halides is 2. The molecule has 0 aromatic carbocycles. The molecule has 7 nitrogen and oxygen atoms in total. The summed E-state index contributed by atoms with van der Waals surface area (Å²) in [6.45, 7) is 6.20. The largest absolute Gasteiger partial charge is 0.457 e. The maximum Gasteiger partial charge on any atom is 0.309 e. The van der Waals surface area contributed by atoms with Crippen LogP contribution in [0.2, 0.25) is 0 Å². The lowest BCUT2D eigenvalue weighted by Gasteiger charge is -2.63. The topological polar surface area (TPSA) is 99.1 Å². The van der Waals surface area contributed by atoms with Gasteiger partial charge in [-0.3, -0.25) is 14.4 Å². The van der Waals surface area contributed by atoms with Gasteiger partial charge in [-0.2, -0.15) is 0 Å². The molecule has 0 spiro atoms. The number of hydrogen-bond donors (Lipinski definition) is 1. The van der Waals surface area contributed by atoms with Crippen molar-refractivity contribution in [2.45, 2.75) is 95.2 Å². The van der Waals surface area contributed by atoms with Gasteiger partial charge in [0.15, 0.2) is 29.4 Å². The number of ketones is 2. The van der Waals surface area contributed by atoms with E-state index in [9.17, 15) is 19.5 Å². The van der Waals surface area contributed by atoms with E-state index in [0.29, 0.717) is 0 Å². The number of ether oxygens (including phenoxy) is 3. The van der Waals surface area contributed by atoms with Gasteiger partial charge in [-0.1, -0.05) is 13.0 Å². The summed E-state index contributed by atoms with van der Waals surface area (Å²) in [5.74, 6) is -4.16. The first kappa shape index (κ1) is 25.3. The van der Waals surface area contributed by atoms with Gasteiger partial charge in [0.05, 0.1) is 18.1 Å². The fourth-order valence-electron chi connectivity index (χ4n) is 8.48. The molecule has 5 fully saturated rings. The third-order valence-electron chi connectivity index (χ3n) is 10.3. The lowest BCUT2D eigenvalue weighted by atomic mass is 9.44. The van der Waals surface area contributed by atoms with Crippen molar-refractivity contribution in [3.05, 3.63) is 23.8 Å². The maximum absolute atomic E-state index is 17.4. The Balaban J connectivity index is 1.41. The normalized spacial score (nSPS) is 49.4. The van der Waals surface area contributed by atoms with Gasteiger partial charge in [0.25, 0.3) is 0 Å². The van der Waals surface area contributed by atoms with E-state index >= 15 is 8.78 Å². The van der Waals surface area contributed by atoms with Crippen LogP contribution >= 0.6 is 0 Å². The van der Waals surface area contributed by atoms with E-state index in [1.54, 1.807) is 20.8 Å². The highest BCUT2D eigenvalue weighted by Crippen LogP contribution is 2.72. The van der Waals surface area contributed by atoms with Gasteiger partial charge in [-0.15, -0.1) is 0 Å². The van der Waals surface area contributed by atoms with E-state index in [1.807, 2.05) is 0 Å². The van der Waals surface area contributed by atoms with Crippen molar-refractivity contribution < 1.29 is 42.5 Å². The zero-order chi connectivity index (χ0) is 26.8. The fourth-order valence-corrected chi connectivity index (χ4v) is 8.48. The molecule has 0 radical (unpaired) electrons. The quantitative estimate of drug-likeness (QED) is 0.568. The third-order valence-corrected chi connectivity index (χ3v) is 10.3. The second-order valence-electron chi connectivity index (χ2n) is 12.7. The second-order valence-corrected chi connectivity index (χ2v) is 12.7. The van der Waals surface area contributed by atoms with E-state index in [-0.39, 0.29) is 30.8 Å². The second kappa shape index (κ2) is 7.57. The zero-order valence-corrected chi connectivity index (χ0v) is 21.6. The molecule has 1 aliphatic heterocycles. The number of allylic oxidation sites excluding steroid dienone is 4. The van der Waals surface area contributed by atoms with Crippen molar-refractivity contribution >= 4 is 17.5 Å². The Bertz CT molecular complexity index is 1140. The molecule has 9 heteroatoms. The van der Waals surface area contributed by atoms with Gasteiger partial charge < -0.3 is 19.3 Å². The van der Waals surface area contributed by atoms with Crippen LogP contribution in [0.15, 0.2) is 23.8 Å². The number of rotatable bonds is 4. The average molecular weight is 521 g/mol. The highest BCUT2D eigenvalue weighted by molar-refractivity contribution is 6.01. The molecule has 37 heavy (non-hydrogen) atoms. The minimum Gasteiger partial charge on any atom is -0.457 e. The summed E-state index contributed by atoms with van der Waals surface area (Å²) in [4.78, 5) is 38.1. The summed E-state index contributed by atoms with van der Waals surface area (Å²) < 4.78 is 50.9. The van der Waals surface area contributed by atoms with Gasteiger partial charge in [-0.05, 0) is 76.5 Å². The van der Waals surface area contributed by atoms with Crippen molar-refractivity contribution in [1.29, 1.82) is 0 Å². The number of esters is 1. The Hall–Kier alpha value is -1.97. The molecule has 9 atom stereocenters. The number of aliphatic hydroxyl groups excluding tert-OH is 1. The average Bonchev–Trinajstić information content (AvgIpc) is 3.59. The first-order valence-corrected chi connectivity index (χ1v) is 13.2. The predicted octanol–water partition coefficient (Wildman–Crippen LogP) is 3.33. The van der Waals surface area contributed by atoms with Crippen LogP contribution in [0.1, 0.15) is 59.8 Å². The van der Waals surface area contributed by atoms with Gasteiger partial charge >= 0.3 is 5.97 Å². The highest BCUT2D eigenvalue weighted by Gasteiger charge is 2.80. The summed E-state index contributed by atoms with van der Waals surface area (Å²) in [7, 11) is 0. The summed E-state index contributed by atoms with van der Waals surface area (Å²) in [5, 5.41) is 11.5. The lowest BCUT2D eigenvalue weighted by molar-refractivity contribution is -0.249. The zero-order valence-electron chi connectivity index (χ0n) is 21.6. The van der Waals surface area contributed by atoms with Crippen LogP contribution in [0, 0.1) is 28.6 Å². The Labute approximate surface area is 214 Å². The molecule has 1 heterocycles. The van der Waals surface area contributed by atoms with Gasteiger partial charge in [0.2, 0.25) is 5.78 Å². The Morgan fingerprint density at radius 1 is 1.16 bits per heavy atom. The fraction of sp³-hybridized carbons (Fsp3) is 0.750. The molecule has 202 valence electrons. The summed E-state index contributed by atoms with van der Waals surface area (Å²) >= 11 is 0. The SMILES string of the molecule is CC1(C)O[C@@H]2C[C@@H]3[C@@H]4C[C@H](F)C5=CC(=O)C=C[C@]5(C)[C@@]4(F)[C@H](O)C[C@@]3(C)[C@]2(C(=O)COC(=O)C2CC2)O1. The van der Waals surface area contributed by atoms with Crippen LogP contribution in [-0.2, 0) is 28.6 Å². The van der Waals surface area contributed by atoms with Gasteiger partial charge in [-0.25, -0.2) is 8.78 Å². The first-order valence-electron chi connectivity index (χ1n) is 13.2. The van der Waals surface area contributed by atoms with Gasteiger partial charge in [0.1, 0.15) is 6.17 Å². The Kier molecular flexibility index (Phi) is 5.18. The molecule has 4 saturated carbocycles. The summed E-state index contributed by atoms with van der Waals surface area (Å²) in [6, 6.07) is 0.